The summed E-state index contributed by atoms with van der Waals surface area (Å²) in [5.74, 6) is 1.11. The molecule has 4 aromatic heterocycles. The highest BCUT2D eigenvalue weighted by molar-refractivity contribution is 5.81. The van der Waals surface area contributed by atoms with Gasteiger partial charge in [-0.25, -0.2) is 14.5 Å². The van der Waals surface area contributed by atoms with E-state index in [0.717, 1.165) is 28.2 Å². The Bertz CT molecular complexity index is 1060. The monoisotopic (exact) mass is 320 g/mol. The quantitative estimate of drug-likeness (QED) is 0.620. The predicted molar refractivity (Wildman–Crippen MR) is 89.2 cm³/mol. The van der Waals surface area contributed by atoms with Gasteiger partial charge >= 0.3 is 0 Å². The van der Waals surface area contributed by atoms with Crippen molar-refractivity contribution in [3.8, 4) is 11.4 Å². The molecule has 0 spiro atoms. The summed E-state index contributed by atoms with van der Waals surface area (Å²) in [5.41, 5.74) is 8.84. The molecule has 4 aromatic rings. The van der Waals surface area contributed by atoms with E-state index in [9.17, 15) is 0 Å². The zero-order valence-corrected chi connectivity index (χ0v) is 13.2. The molecule has 0 radical (unpaired) electrons. The molecule has 0 bridgehead atoms. The molecule has 2 N–H and O–H groups in total. The summed E-state index contributed by atoms with van der Waals surface area (Å²) in [5, 5.41) is 9.94. The van der Waals surface area contributed by atoms with Gasteiger partial charge in [0.05, 0.1) is 24.1 Å². The Morgan fingerprint density at radius 2 is 2.08 bits per heavy atom. The minimum atomic E-state index is 0.350. The van der Waals surface area contributed by atoms with Crippen molar-refractivity contribution < 1.29 is 0 Å². The van der Waals surface area contributed by atoms with Crippen LogP contribution in [-0.2, 0) is 0 Å². The van der Waals surface area contributed by atoms with Crippen molar-refractivity contribution in [2.24, 2.45) is 5.92 Å². The van der Waals surface area contributed by atoms with Gasteiger partial charge in [0.25, 0.3) is 0 Å². The number of nitrogen functional groups attached to an aromatic ring is 1. The van der Waals surface area contributed by atoms with Gasteiger partial charge in [0, 0.05) is 11.6 Å². The van der Waals surface area contributed by atoms with Crippen LogP contribution in [0.15, 0.2) is 31.0 Å². The van der Waals surface area contributed by atoms with Gasteiger partial charge in [-0.1, -0.05) is 0 Å². The Balaban J connectivity index is 1.62. The van der Waals surface area contributed by atoms with Crippen LogP contribution in [-0.4, -0.2) is 34.3 Å². The molecule has 5 rings (SSSR count). The van der Waals surface area contributed by atoms with Gasteiger partial charge in [-0.2, -0.15) is 10.2 Å². The molecule has 1 unspecified atom stereocenters. The molecule has 8 heteroatoms. The van der Waals surface area contributed by atoms with Crippen molar-refractivity contribution in [3.05, 3.63) is 31.0 Å². The SMILES string of the molecule is CC(C1CC1)n1cc2cc(-c3cnc4c(N)ncnn34)ncc2n1. The number of rotatable bonds is 3. The number of hydrogen-bond donors (Lipinski definition) is 1. The summed E-state index contributed by atoms with van der Waals surface area (Å²) in [6.07, 6.45) is 9.61. The summed E-state index contributed by atoms with van der Waals surface area (Å²) in [6, 6.07) is 2.45. The molecule has 24 heavy (non-hydrogen) atoms. The summed E-state index contributed by atoms with van der Waals surface area (Å²) in [4.78, 5) is 12.8. The number of hydrogen-bond acceptors (Lipinski definition) is 6. The van der Waals surface area contributed by atoms with Crippen molar-refractivity contribution in [1.82, 2.24) is 34.3 Å². The zero-order chi connectivity index (χ0) is 16.3. The maximum atomic E-state index is 5.84. The van der Waals surface area contributed by atoms with Gasteiger partial charge in [0.2, 0.25) is 0 Å². The van der Waals surface area contributed by atoms with E-state index in [1.165, 1.54) is 19.2 Å². The van der Waals surface area contributed by atoms with Crippen LogP contribution in [0.25, 0.3) is 27.9 Å². The zero-order valence-electron chi connectivity index (χ0n) is 13.2. The minimum Gasteiger partial charge on any atom is -0.381 e. The van der Waals surface area contributed by atoms with Crippen LogP contribution in [0.5, 0.6) is 0 Å². The predicted octanol–water partition coefficient (Wildman–Crippen LogP) is 2.09. The van der Waals surface area contributed by atoms with Crippen molar-refractivity contribution in [2.45, 2.75) is 25.8 Å². The standard InChI is InChI=1S/C16H16N8/c1-9(10-2-3-10)23-7-11-4-12(18-5-13(11)22-23)14-6-19-16-15(17)20-8-21-24(14)16/h4-10H,2-3H2,1H3,(H2,17,20,21). The largest absolute Gasteiger partial charge is 0.381 e. The molecule has 1 aliphatic carbocycles. The third kappa shape index (κ3) is 1.96. The second kappa shape index (κ2) is 4.73. The molecule has 4 heterocycles. The average molecular weight is 320 g/mol. The summed E-state index contributed by atoms with van der Waals surface area (Å²) < 4.78 is 3.72. The molecule has 0 aliphatic heterocycles. The van der Waals surface area contributed by atoms with E-state index in [0.29, 0.717) is 17.5 Å². The van der Waals surface area contributed by atoms with Gasteiger partial charge in [0.15, 0.2) is 11.5 Å². The highest BCUT2D eigenvalue weighted by Crippen LogP contribution is 2.39. The number of nitrogens with zero attached hydrogens (tertiary/aromatic N) is 7. The van der Waals surface area contributed by atoms with Crippen LogP contribution in [0.4, 0.5) is 5.82 Å². The van der Waals surface area contributed by atoms with Crippen LogP contribution >= 0.6 is 0 Å². The van der Waals surface area contributed by atoms with E-state index in [1.807, 2.05) is 6.07 Å². The average Bonchev–Trinajstić information content (AvgIpc) is 3.20. The lowest BCUT2D eigenvalue weighted by molar-refractivity contribution is 0.443. The molecule has 120 valence electrons. The van der Waals surface area contributed by atoms with E-state index < -0.39 is 0 Å². The maximum absolute atomic E-state index is 5.84. The number of imidazole rings is 1. The van der Waals surface area contributed by atoms with Gasteiger partial charge in [-0.3, -0.25) is 9.67 Å². The molecule has 1 aliphatic rings. The van der Waals surface area contributed by atoms with Crippen molar-refractivity contribution in [3.63, 3.8) is 0 Å². The van der Waals surface area contributed by atoms with E-state index in [2.05, 4.69) is 43.0 Å². The Labute approximate surface area is 137 Å². The molecule has 1 atom stereocenters. The highest BCUT2D eigenvalue weighted by atomic mass is 15.3. The Morgan fingerprint density at radius 3 is 2.92 bits per heavy atom. The van der Waals surface area contributed by atoms with Crippen LogP contribution in [0.3, 0.4) is 0 Å². The Kier molecular flexibility index (Phi) is 2.64. The summed E-state index contributed by atoms with van der Waals surface area (Å²) >= 11 is 0. The maximum Gasteiger partial charge on any atom is 0.197 e. The summed E-state index contributed by atoms with van der Waals surface area (Å²) in [7, 11) is 0. The van der Waals surface area contributed by atoms with Crippen LogP contribution in [0.2, 0.25) is 0 Å². The second-order valence-corrected chi connectivity index (χ2v) is 6.34. The molecular weight excluding hydrogens is 304 g/mol. The van der Waals surface area contributed by atoms with E-state index in [-0.39, 0.29) is 0 Å². The molecule has 0 saturated heterocycles. The Hall–Kier alpha value is -3.03. The summed E-state index contributed by atoms with van der Waals surface area (Å²) in [6.45, 7) is 2.22. The lowest BCUT2D eigenvalue weighted by Crippen LogP contribution is -2.07. The number of pyridine rings is 1. The lowest BCUT2D eigenvalue weighted by Gasteiger charge is -2.09. The van der Waals surface area contributed by atoms with Crippen molar-refractivity contribution in [1.29, 1.82) is 0 Å². The first-order chi connectivity index (χ1) is 11.7. The molecule has 1 saturated carbocycles. The second-order valence-electron chi connectivity index (χ2n) is 6.34. The third-order valence-corrected chi connectivity index (χ3v) is 4.72. The first kappa shape index (κ1) is 13.4. The van der Waals surface area contributed by atoms with Gasteiger partial charge in [0.1, 0.15) is 17.5 Å². The molecule has 0 amide bonds. The molecule has 1 fully saturated rings. The normalized spacial score (nSPS) is 16.0. The van der Waals surface area contributed by atoms with Gasteiger partial charge in [-0.15, -0.1) is 0 Å². The number of anilines is 1. The van der Waals surface area contributed by atoms with Crippen molar-refractivity contribution >= 4 is 22.4 Å². The van der Waals surface area contributed by atoms with Gasteiger partial charge in [-0.05, 0) is 31.7 Å². The number of nitrogens with two attached hydrogens (primary N) is 1. The molecule has 8 nitrogen and oxygen atoms in total. The lowest BCUT2D eigenvalue weighted by atomic mass is 10.2. The fraction of sp³-hybridized carbons (Fsp3) is 0.312. The third-order valence-electron chi connectivity index (χ3n) is 4.72. The van der Waals surface area contributed by atoms with E-state index >= 15 is 0 Å². The number of fused-ring (bicyclic) bond motifs is 2. The topological polar surface area (TPSA) is 99.8 Å². The fourth-order valence-corrected chi connectivity index (χ4v) is 3.10. The van der Waals surface area contributed by atoms with E-state index in [1.54, 1.807) is 16.9 Å². The first-order valence-electron chi connectivity index (χ1n) is 8.00. The fourth-order valence-electron chi connectivity index (χ4n) is 3.10. The minimum absolute atomic E-state index is 0.350. The van der Waals surface area contributed by atoms with E-state index in [4.69, 9.17) is 5.73 Å². The van der Waals surface area contributed by atoms with Crippen LogP contribution < -0.4 is 5.73 Å². The molecular formula is C16H16N8. The van der Waals surface area contributed by atoms with Gasteiger partial charge < -0.3 is 5.73 Å². The smallest absolute Gasteiger partial charge is 0.197 e. The first-order valence-corrected chi connectivity index (χ1v) is 8.00. The van der Waals surface area contributed by atoms with Crippen LogP contribution in [0.1, 0.15) is 25.8 Å². The number of aromatic nitrogens is 7. The van der Waals surface area contributed by atoms with Crippen molar-refractivity contribution in [2.75, 3.05) is 5.73 Å². The molecule has 0 aromatic carbocycles. The highest BCUT2D eigenvalue weighted by Gasteiger charge is 2.29. The van der Waals surface area contributed by atoms with Crippen LogP contribution in [0, 0.1) is 5.92 Å². The Morgan fingerprint density at radius 1 is 1.21 bits per heavy atom.